The fourth-order valence-corrected chi connectivity index (χ4v) is 8.55. The van der Waals surface area contributed by atoms with E-state index in [0.29, 0.717) is 80.5 Å². The zero-order valence-electron chi connectivity index (χ0n) is 31.5. The van der Waals surface area contributed by atoms with Crippen LogP contribution in [-0.4, -0.2) is 80.0 Å². The summed E-state index contributed by atoms with van der Waals surface area (Å²) >= 11 is 4.96. The van der Waals surface area contributed by atoms with Crippen molar-refractivity contribution >= 4 is 56.7 Å². The Balaban J connectivity index is 0.000000357. The zero-order valence-corrected chi connectivity index (χ0v) is 34.3. The van der Waals surface area contributed by atoms with E-state index in [1.165, 1.54) is 14.1 Å². The van der Waals surface area contributed by atoms with E-state index in [1.54, 1.807) is 4.90 Å². The number of piperidine rings is 2. The molecule has 310 valence electrons. The number of aliphatic carboxylic acids is 1. The predicted molar refractivity (Wildman–Crippen MR) is 212 cm³/mol. The molecule has 0 bridgehead atoms. The number of hydrogen-bond donors (Lipinski definition) is 5. The van der Waals surface area contributed by atoms with Gasteiger partial charge in [0, 0.05) is 42.0 Å². The van der Waals surface area contributed by atoms with Gasteiger partial charge in [-0.25, -0.2) is 0 Å². The summed E-state index contributed by atoms with van der Waals surface area (Å²) in [5.41, 5.74) is -5.68. The topological polar surface area (TPSA) is 142 Å². The van der Waals surface area contributed by atoms with Crippen LogP contribution in [0.3, 0.4) is 0 Å². The highest BCUT2D eigenvalue weighted by molar-refractivity contribution is 7.80. The maximum atomic E-state index is 14.1. The molecular weight excluding hydrogens is 797 g/mol. The number of amides is 2. The molecule has 3 heterocycles. The average molecular weight is 848 g/mol. The molecule has 0 radical (unpaired) electrons. The number of nitrogens with one attached hydrogen (secondary N) is 1. The fraction of sp³-hybridized carbons (Fsp3) is 0.538. The van der Waals surface area contributed by atoms with Crippen molar-refractivity contribution in [2.24, 2.45) is 11.3 Å². The van der Waals surface area contributed by atoms with Crippen molar-refractivity contribution in [2.45, 2.75) is 106 Å². The number of carbonyl (C=O) groups is 3. The third kappa shape index (κ3) is 12.1. The van der Waals surface area contributed by atoms with Gasteiger partial charge in [-0.1, -0.05) is 72.4 Å². The van der Waals surface area contributed by atoms with Gasteiger partial charge in [-0.15, -0.1) is 24.0 Å². The molecule has 2 aromatic rings. The lowest BCUT2D eigenvalue weighted by atomic mass is 9.81. The van der Waals surface area contributed by atoms with E-state index in [4.69, 9.17) is 15.6 Å². The molecule has 4 N–H and O–H groups in total. The van der Waals surface area contributed by atoms with Gasteiger partial charge in [0.1, 0.15) is 16.3 Å². The van der Waals surface area contributed by atoms with Gasteiger partial charge in [0.15, 0.2) is 0 Å². The third-order valence-electron chi connectivity index (χ3n) is 10.5. The van der Waals surface area contributed by atoms with Crippen molar-refractivity contribution in [3.8, 4) is 5.75 Å². The lowest BCUT2D eigenvalue weighted by Gasteiger charge is -2.45. The van der Waals surface area contributed by atoms with Crippen LogP contribution in [-0.2, 0) is 26.2 Å². The number of thiol groups is 1. The van der Waals surface area contributed by atoms with E-state index in [1.807, 2.05) is 38.1 Å². The molecule has 2 amide bonds. The predicted octanol–water partition coefficient (Wildman–Crippen LogP) is 8.92. The summed E-state index contributed by atoms with van der Waals surface area (Å²) in [6, 6.07) is 7.61. The van der Waals surface area contributed by atoms with Crippen LogP contribution in [0.25, 0.3) is 0 Å². The molecule has 1 aromatic heterocycles. The minimum Gasteiger partial charge on any atom is -0.507 e. The molecule has 3 unspecified atom stereocenters. The monoisotopic (exact) mass is 847 g/mol. The van der Waals surface area contributed by atoms with Crippen LogP contribution >= 0.6 is 33.2 Å². The molecule has 2 saturated heterocycles. The first-order valence-electron chi connectivity index (χ1n) is 18.4. The Morgan fingerprint density at radius 3 is 2.12 bits per heavy atom. The number of thiophene rings is 1. The Hall–Kier alpha value is -3.33. The molecule has 1 aromatic carbocycles. The molecule has 1 aliphatic carbocycles. The summed E-state index contributed by atoms with van der Waals surface area (Å²) in [5.74, 6) is -2.35. The van der Waals surface area contributed by atoms with Crippen molar-refractivity contribution in [1.82, 2.24) is 9.80 Å². The minimum atomic E-state index is -4.33. The number of carboxylic acids is 1. The Labute approximate surface area is 336 Å². The molecular formula is C39H51F5N3O6PS2. The van der Waals surface area contributed by atoms with Gasteiger partial charge < -0.3 is 25.1 Å². The summed E-state index contributed by atoms with van der Waals surface area (Å²) in [4.78, 5) is 40.6. The Bertz CT molecular complexity index is 1730. The van der Waals surface area contributed by atoms with Crippen LogP contribution in [0, 0.1) is 16.7 Å². The van der Waals surface area contributed by atoms with Crippen LogP contribution in [0.4, 0.5) is 22.0 Å². The van der Waals surface area contributed by atoms with Gasteiger partial charge in [0.05, 0.1) is 22.5 Å². The quantitative estimate of drug-likeness (QED) is 0.0561. The average Bonchev–Trinajstić information content (AvgIpc) is 3.80. The minimum absolute atomic E-state index is 0.0954. The molecule has 9 nitrogen and oxygen atoms in total. The molecule has 3 atom stereocenters. The molecule has 17 heteroatoms. The van der Waals surface area contributed by atoms with E-state index in [0.717, 1.165) is 48.8 Å². The summed E-state index contributed by atoms with van der Waals surface area (Å²) in [6.45, 7) is 8.23. The number of allylic oxidation sites excluding steroid dienone is 2. The first-order valence-corrected chi connectivity index (χ1v) is 20.3. The van der Waals surface area contributed by atoms with E-state index in [-0.39, 0.29) is 17.1 Å². The van der Waals surface area contributed by atoms with E-state index in [9.17, 15) is 41.4 Å². The zero-order chi connectivity index (χ0) is 42.1. The van der Waals surface area contributed by atoms with Crippen molar-refractivity contribution in [1.29, 1.82) is 5.41 Å². The normalized spacial score (nSPS) is 20.9. The summed E-state index contributed by atoms with van der Waals surface area (Å²) in [6.07, 6.45) is 4.76. The maximum Gasteiger partial charge on any atom is 0.425 e. The third-order valence-corrected chi connectivity index (χ3v) is 12.1. The number of aliphatic hydroxyl groups is 1. The second-order valence-corrected chi connectivity index (χ2v) is 16.6. The number of halogens is 5. The number of nitrogens with zero attached hydrogens (tertiary/aromatic N) is 2. The standard InChI is InChI=1S/C27H36F2N3O3PS.C7H12O2.C5H3F3OS/c1-3-8-20(27(28,29)36)23(30)25(34)32-15-7-10-18(21(32)9-4-2)24(33)31-16-13-26(35,14-17-31)19-11-5-6-12-22(19)37;1-7(6(8)9)4-2-3-5-7;6-5(7,8)4-1-3(9)2-10-4/h3,5-6,8,11-12,18,21,30,35,37H,1,4,7,9-10,13-17,36H2,2H3;2-5H2,1H3,(H,8,9);1-2,9H/b20-8+,30-23?;;. The van der Waals surface area contributed by atoms with E-state index in [2.05, 4.69) is 19.2 Å². The van der Waals surface area contributed by atoms with Gasteiger partial charge >= 0.3 is 12.1 Å². The summed E-state index contributed by atoms with van der Waals surface area (Å²) in [7, 11) is 1.36. The molecule has 3 fully saturated rings. The molecule has 56 heavy (non-hydrogen) atoms. The summed E-state index contributed by atoms with van der Waals surface area (Å²) in [5, 5.41) is 37.8. The van der Waals surface area contributed by atoms with E-state index >= 15 is 0 Å². The summed E-state index contributed by atoms with van der Waals surface area (Å²) < 4.78 is 63.3. The van der Waals surface area contributed by atoms with Gasteiger partial charge in [0.2, 0.25) is 5.91 Å². The van der Waals surface area contributed by atoms with Gasteiger partial charge in [-0.05, 0) is 63.5 Å². The van der Waals surface area contributed by atoms with Crippen molar-refractivity contribution in [2.75, 3.05) is 19.6 Å². The SMILES string of the molecule is C=C/C=C(\C(=N)C(=O)N1CCCC(C(=O)N2CCC(O)(c3ccccc3S)CC2)C1CCC)C(F)(F)P.CC1(C(=O)O)CCCC1.Oc1csc(C(F)(F)F)c1. The lowest BCUT2D eigenvalue weighted by molar-refractivity contribution is -0.148. The first-order chi connectivity index (χ1) is 26.1. The number of rotatable bonds is 9. The maximum absolute atomic E-state index is 14.1. The highest BCUT2D eigenvalue weighted by atomic mass is 32.1. The Morgan fingerprint density at radius 1 is 1.07 bits per heavy atom. The van der Waals surface area contributed by atoms with Crippen molar-refractivity contribution in [3.63, 3.8) is 0 Å². The van der Waals surface area contributed by atoms with Crippen LogP contribution in [0.15, 0.2) is 64.9 Å². The van der Waals surface area contributed by atoms with E-state index < -0.39 is 57.4 Å². The second kappa shape index (κ2) is 19.9. The molecule has 5 rings (SSSR count). The Morgan fingerprint density at radius 2 is 1.68 bits per heavy atom. The molecule has 3 aliphatic rings. The number of aromatic hydroxyl groups is 1. The number of hydrogen-bond acceptors (Lipinski definition) is 8. The highest BCUT2D eigenvalue weighted by Crippen LogP contribution is 2.40. The lowest BCUT2D eigenvalue weighted by Crippen LogP contribution is -2.56. The van der Waals surface area contributed by atoms with Gasteiger partial charge in [-0.2, -0.15) is 22.0 Å². The fourth-order valence-electron chi connectivity index (χ4n) is 7.30. The number of likely N-dealkylation sites (tertiary alicyclic amines) is 2. The smallest absolute Gasteiger partial charge is 0.425 e. The van der Waals surface area contributed by atoms with Crippen LogP contribution in [0.1, 0.15) is 88.5 Å². The van der Waals surface area contributed by atoms with Crippen molar-refractivity contribution in [3.05, 3.63) is 70.5 Å². The highest BCUT2D eigenvalue weighted by Gasteiger charge is 2.45. The number of carbonyl (C=O) groups excluding carboxylic acids is 2. The number of alkyl halides is 5. The first kappa shape index (κ1) is 47.0. The Kier molecular flexibility index (Phi) is 16.7. The molecule has 2 aliphatic heterocycles. The van der Waals surface area contributed by atoms with Crippen LogP contribution < -0.4 is 0 Å². The number of carboxylic acid groups (broad SMARTS) is 1. The molecule has 0 spiro atoms. The largest absolute Gasteiger partial charge is 0.507 e. The van der Waals surface area contributed by atoms with Crippen LogP contribution in [0.5, 0.6) is 5.75 Å². The van der Waals surface area contributed by atoms with Gasteiger partial charge in [-0.3, -0.25) is 19.8 Å². The van der Waals surface area contributed by atoms with Gasteiger partial charge in [0.25, 0.3) is 11.6 Å². The van der Waals surface area contributed by atoms with Crippen molar-refractivity contribution < 1.29 is 51.7 Å². The second-order valence-electron chi connectivity index (χ2n) is 14.5. The number of benzene rings is 1. The molecule has 1 saturated carbocycles. The van der Waals surface area contributed by atoms with Crippen LogP contribution in [0.2, 0.25) is 0 Å².